The zero-order chi connectivity index (χ0) is 17.2. The Balaban J connectivity index is 0.00000127. The maximum atomic E-state index is 5.95. The van der Waals surface area contributed by atoms with Crippen molar-refractivity contribution in [2.24, 2.45) is 5.73 Å². The van der Waals surface area contributed by atoms with Crippen molar-refractivity contribution in [2.75, 3.05) is 5.32 Å². The van der Waals surface area contributed by atoms with Crippen LogP contribution in [0.3, 0.4) is 0 Å². The fraction of sp³-hybridized carbons (Fsp3) is 0.333. The van der Waals surface area contributed by atoms with Crippen molar-refractivity contribution < 1.29 is 0 Å². The van der Waals surface area contributed by atoms with E-state index in [4.69, 9.17) is 5.73 Å². The lowest BCUT2D eigenvalue weighted by Gasteiger charge is -2.15. The van der Waals surface area contributed by atoms with Crippen LogP contribution < -0.4 is 11.1 Å². The molecule has 0 heterocycles. The molecule has 0 aliphatic heterocycles. The second kappa shape index (κ2) is 9.86. The first kappa shape index (κ1) is 19.0. The molecule has 0 radical (unpaired) electrons. The van der Waals surface area contributed by atoms with E-state index in [2.05, 4.69) is 74.3 Å². The normalized spacial score (nSPS) is 11.2. The zero-order valence-electron chi connectivity index (χ0n) is 14.9. The predicted octanol–water partition coefficient (Wildman–Crippen LogP) is 5.61. The molecule has 124 valence electrons. The minimum atomic E-state index is -0.00809. The van der Waals surface area contributed by atoms with Gasteiger partial charge in [-0.25, -0.2) is 0 Å². The zero-order valence-corrected chi connectivity index (χ0v) is 14.9. The molecule has 1 atom stereocenters. The van der Waals surface area contributed by atoms with Crippen LogP contribution in [0.5, 0.6) is 0 Å². The van der Waals surface area contributed by atoms with Crippen molar-refractivity contribution in [3.8, 4) is 11.1 Å². The first-order valence-corrected chi connectivity index (χ1v) is 8.54. The molecular weight excluding hydrogens is 280 g/mol. The van der Waals surface area contributed by atoms with Gasteiger partial charge < -0.3 is 11.1 Å². The third-order valence-corrected chi connectivity index (χ3v) is 3.77. The molecule has 0 bridgehead atoms. The van der Waals surface area contributed by atoms with Gasteiger partial charge in [0, 0.05) is 17.4 Å². The molecule has 2 nitrogen and oxygen atoms in total. The fourth-order valence-electron chi connectivity index (χ4n) is 2.20. The standard InChI is InChI=1S/C19H24N2.C2H6/c1-4-15-6-8-16(9-7-15)17-10-12-18(13-11-17)21-14(3)19(20)5-2;1-2/h6-13,19,21H,3-5,20H2,1-2H3;1-2H3. The Bertz CT molecular complexity index is 582. The van der Waals surface area contributed by atoms with Crippen molar-refractivity contribution in [1.82, 2.24) is 0 Å². The average Bonchev–Trinajstić information content (AvgIpc) is 2.63. The Kier molecular flexibility index (Phi) is 8.14. The Morgan fingerprint density at radius 2 is 1.43 bits per heavy atom. The van der Waals surface area contributed by atoms with E-state index >= 15 is 0 Å². The van der Waals surface area contributed by atoms with E-state index in [1.54, 1.807) is 0 Å². The molecule has 0 aliphatic carbocycles. The summed E-state index contributed by atoms with van der Waals surface area (Å²) >= 11 is 0. The van der Waals surface area contributed by atoms with Gasteiger partial charge in [0.15, 0.2) is 0 Å². The molecule has 2 aromatic rings. The first-order chi connectivity index (χ1) is 11.1. The van der Waals surface area contributed by atoms with Crippen molar-refractivity contribution in [1.29, 1.82) is 0 Å². The van der Waals surface area contributed by atoms with Crippen LogP contribution in [0.1, 0.15) is 39.7 Å². The Morgan fingerprint density at radius 3 is 1.87 bits per heavy atom. The summed E-state index contributed by atoms with van der Waals surface area (Å²) in [6.45, 7) is 12.2. The minimum Gasteiger partial charge on any atom is -0.358 e. The predicted molar refractivity (Wildman–Crippen MR) is 104 cm³/mol. The summed E-state index contributed by atoms with van der Waals surface area (Å²) < 4.78 is 0. The van der Waals surface area contributed by atoms with Crippen LogP contribution in [0, 0.1) is 0 Å². The molecule has 2 aromatic carbocycles. The number of nitrogens with one attached hydrogen (secondary N) is 1. The van der Waals surface area contributed by atoms with Gasteiger partial charge >= 0.3 is 0 Å². The lowest BCUT2D eigenvalue weighted by molar-refractivity contribution is 0.746. The van der Waals surface area contributed by atoms with Crippen LogP contribution in [-0.2, 0) is 6.42 Å². The van der Waals surface area contributed by atoms with Crippen LogP contribution in [0.4, 0.5) is 5.69 Å². The summed E-state index contributed by atoms with van der Waals surface area (Å²) in [4.78, 5) is 0. The molecule has 2 rings (SSSR count). The monoisotopic (exact) mass is 310 g/mol. The maximum absolute atomic E-state index is 5.95. The first-order valence-electron chi connectivity index (χ1n) is 8.54. The van der Waals surface area contributed by atoms with Crippen molar-refractivity contribution >= 4 is 5.69 Å². The molecule has 0 aromatic heterocycles. The van der Waals surface area contributed by atoms with E-state index in [1.807, 2.05) is 13.8 Å². The molecule has 0 saturated heterocycles. The number of nitrogens with two attached hydrogens (primary N) is 1. The lowest BCUT2D eigenvalue weighted by atomic mass is 10.0. The summed E-state index contributed by atoms with van der Waals surface area (Å²) in [7, 11) is 0. The molecule has 0 spiro atoms. The van der Waals surface area contributed by atoms with Gasteiger partial charge in [-0.15, -0.1) is 0 Å². The van der Waals surface area contributed by atoms with E-state index < -0.39 is 0 Å². The highest BCUT2D eigenvalue weighted by Gasteiger charge is 2.04. The molecule has 0 aliphatic rings. The van der Waals surface area contributed by atoms with E-state index in [1.165, 1.54) is 16.7 Å². The number of rotatable bonds is 6. The molecule has 23 heavy (non-hydrogen) atoms. The Hall–Kier alpha value is -2.06. The quantitative estimate of drug-likeness (QED) is 0.728. The van der Waals surface area contributed by atoms with Gasteiger partial charge in [-0.2, -0.15) is 0 Å². The van der Waals surface area contributed by atoms with Crippen LogP contribution >= 0.6 is 0 Å². The highest BCUT2D eigenvalue weighted by atomic mass is 14.9. The summed E-state index contributed by atoms with van der Waals surface area (Å²) in [5.41, 5.74) is 11.7. The summed E-state index contributed by atoms with van der Waals surface area (Å²) in [5, 5.41) is 3.27. The number of hydrogen-bond acceptors (Lipinski definition) is 2. The highest BCUT2D eigenvalue weighted by Crippen LogP contribution is 2.22. The molecule has 1 unspecified atom stereocenters. The van der Waals surface area contributed by atoms with E-state index in [0.29, 0.717) is 0 Å². The van der Waals surface area contributed by atoms with E-state index in [9.17, 15) is 0 Å². The smallest absolute Gasteiger partial charge is 0.0439 e. The second-order valence-corrected chi connectivity index (χ2v) is 5.29. The number of aryl methyl sites for hydroxylation is 1. The van der Waals surface area contributed by atoms with Gasteiger partial charge in [-0.05, 0) is 41.7 Å². The third kappa shape index (κ3) is 5.57. The Labute approximate surface area is 141 Å². The Morgan fingerprint density at radius 1 is 0.957 bits per heavy atom. The van der Waals surface area contributed by atoms with Crippen LogP contribution in [0.15, 0.2) is 60.8 Å². The van der Waals surface area contributed by atoms with Crippen LogP contribution in [0.2, 0.25) is 0 Å². The minimum absolute atomic E-state index is 0.00809. The SMILES string of the molecule is C=C(Nc1ccc(-c2ccc(CC)cc2)cc1)C(N)CC.CC. The second-order valence-electron chi connectivity index (χ2n) is 5.29. The molecule has 0 fully saturated rings. The fourth-order valence-corrected chi connectivity index (χ4v) is 2.20. The van der Waals surface area contributed by atoms with Crippen molar-refractivity contribution in [2.45, 2.75) is 46.6 Å². The molecular formula is C21H30N2. The molecule has 0 amide bonds. The van der Waals surface area contributed by atoms with Crippen molar-refractivity contribution in [3.05, 3.63) is 66.4 Å². The summed E-state index contributed by atoms with van der Waals surface area (Å²) in [6, 6.07) is 17.1. The van der Waals surface area contributed by atoms with Gasteiger partial charge in [0.25, 0.3) is 0 Å². The lowest BCUT2D eigenvalue weighted by Crippen LogP contribution is -2.25. The van der Waals surface area contributed by atoms with Gasteiger partial charge in [0.2, 0.25) is 0 Å². The average molecular weight is 310 g/mol. The number of anilines is 1. The van der Waals surface area contributed by atoms with Gasteiger partial charge in [0.05, 0.1) is 0 Å². The highest BCUT2D eigenvalue weighted by molar-refractivity contribution is 5.66. The third-order valence-electron chi connectivity index (χ3n) is 3.77. The van der Waals surface area contributed by atoms with E-state index in [0.717, 1.165) is 24.2 Å². The molecule has 0 saturated carbocycles. The van der Waals surface area contributed by atoms with Gasteiger partial charge in [-0.3, -0.25) is 0 Å². The van der Waals surface area contributed by atoms with Crippen LogP contribution in [-0.4, -0.2) is 6.04 Å². The number of hydrogen-bond donors (Lipinski definition) is 2. The van der Waals surface area contributed by atoms with Crippen LogP contribution in [0.25, 0.3) is 11.1 Å². The van der Waals surface area contributed by atoms with Gasteiger partial charge in [0.1, 0.15) is 0 Å². The van der Waals surface area contributed by atoms with Crippen molar-refractivity contribution in [3.63, 3.8) is 0 Å². The largest absolute Gasteiger partial charge is 0.358 e. The molecule has 2 heteroatoms. The van der Waals surface area contributed by atoms with E-state index in [-0.39, 0.29) is 6.04 Å². The summed E-state index contributed by atoms with van der Waals surface area (Å²) in [6.07, 6.45) is 1.95. The number of benzene rings is 2. The summed E-state index contributed by atoms with van der Waals surface area (Å²) in [5.74, 6) is 0. The topological polar surface area (TPSA) is 38.0 Å². The maximum Gasteiger partial charge on any atom is 0.0439 e. The van der Waals surface area contributed by atoms with Gasteiger partial charge in [-0.1, -0.05) is 70.7 Å². The molecule has 3 N–H and O–H groups in total.